The number of nitrogens with one attached hydrogen (secondary N) is 2. The minimum Gasteiger partial charge on any atom is -0.497 e. The van der Waals surface area contributed by atoms with Crippen molar-refractivity contribution < 1.29 is 19.1 Å². The fourth-order valence-electron chi connectivity index (χ4n) is 3.57. The number of nitrogens with zero attached hydrogens (tertiary/aromatic N) is 1. The SMILES string of the molecule is COc1ccc(-c2cccc(NC(=O)C(N)(OC(C)=O)c3ccc(-c4cn[nH]c4)cc3)c2)cc1. The molecule has 1 amide bonds. The molecule has 1 aromatic heterocycles. The van der Waals surface area contributed by atoms with E-state index in [4.69, 9.17) is 15.2 Å². The summed E-state index contributed by atoms with van der Waals surface area (Å²) in [6.07, 6.45) is 3.43. The van der Waals surface area contributed by atoms with Gasteiger partial charge in [-0.05, 0) is 41.0 Å². The highest BCUT2D eigenvalue weighted by Gasteiger charge is 2.40. The van der Waals surface area contributed by atoms with Gasteiger partial charge in [-0.2, -0.15) is 5.10 Å². The van der Waals surface area contributed by atoms with E-state index in [9.17, 15) is 9.59 Å². The normalized spacial score (nSPS) is 12.4. The third-order valence-corrected chi connectivity index (χ3v) is 5.33. The molecule has 0 radical (unpaired) electrons. The quantitative estimate of drug-likeness (QED) is 0.285. The minimum absolute atomic E-state index is 0.332. The summed E-state index contributed by atoms with van der Waals surface area (Å²) in [7, 11) is 1.61. The number of hydrogen-bond acceptors (Lipinski definition) is 6. The third-order valence-electron chi connectivity index (χ3n) is 5.33. The van der Waals surface area contributed by atoms with E-state index in [0.29, 0.717) is 11.3 Å². The Labute approximate surface area is 196 Å². The molecule has 0 fully saturated rings. The van der Waals surface area contributed by atoms with Crippen molar-refractivity contribution in [2.24, 2.45) is 5.73 Å². The molecular weight excluding hydrogens is 432 g/mol. The van der Waals surface area contributed by atoms with Crippen molar-refractivity contribution >= 4 is 17.6 Å². The van der Waals surface area contributed by atoms with E-state index in [-0.39, 0.29) is 0 Å². The first-order valence-corrected chi connectivity index (χ1v) is 10.5. The lowest BCUT2D eigenvalue weighted by molar-refractivity contribution is -0.165. The molecular formula is C26H24N4O4. The van der Waals surface area contributed by atoms with E-state index in [0.717, 1.165) is 28.0 Å². The number of anilines is 1. The second-order valence-electron chi connectivity index (χ2n) is 7.66. The van der Waals surface area contributed by atoms with E-state index in [1.807, 2.05) is 42.5 Å². The Balaban J connectivity index is 1.60. The number of carbonyl (C=O) groups is 2. The van der Waals surface area contributed by atoms with Crippen molar-refractivity contribution in [2.45, 2.75) is 12.6 Å². The van der Waals surface area contributed by atoms with Gasteiger partial charge in [-0.1, -0.05) is 48.5 Å². The van der Waals surface area contributed by atoms with Crippen molar-refractivity contribution in [3.05, 3.63) is 90.8 Å². The number of carbonyl (C=O) groups excluding carboxylic acids is 2. The van der Waals surface area contributed by atoms with Gasteiger partial charge in [0.2, 0.25) is 0 Å². The van der Waals surface area contributed by atoms with Crippen LogP contribution < -0.4 is 15.8 Å². The fourth-order valence-corrected chi connectivity index (χ4v) is 3.57. The first-order valence-electron chi connectivity index (χ1n) is 10.5. The molecule has 8 nitrogen and oxygen atoms in total. The van der Waals surface area contributed by atoms with Gasteiger partial charge in [0.15, 0.2) is 0 Å². The molecule has 1 heterocycles. The highest BCUT2D eigenvalue weighted by molar-refractivity contribution is 5.99. The summed E-state index contributed by atoms with van der Waals surface area (Å²) >= 11 is 0. The third kappa shape index (κ3) is 4.82. The maximum atomic E-state index is 13.3. The molecule has 0 saturated carbocycles. The first-order chi connectivity index (χ1) is 16.4. The Hall–Kier alpha value is -4.43. The van der Waals surface area contributed by atoms with Crippen LogP contribution in [-0.2, 0) is 20.1 Å². The molecule has 0 bridgehead atoms. The van der Waals surface area contributed by atoms with Crippen LogP contribution in [0.1, 0.15) is 12.5 Å². The Morgan fingerprint density at radius 3 is 2.24 bits per heavy atom. The second kappa shape index (κ2) is 9.60. The van der Waals surface area contributed by atoms with E-state index < -0.39 is 17.6 Å². The summed E-state index contributed by atoms with van der Waals surface area (Å²) in [5.74, 6) is -0.601. The smallest absolute Gasteiger partial charge is 0.305 e. The van der Waals surface area contributed by atoms with E-state index in [2.05, 4.69) is 15.5 Å². The van der Waals surface area contributed by atoms with Crippen LogP contribution in [0.5, 0.6) is 5.75 Å². The van der Waals surface area contributed by atoms with Crippen LogP contribution in [0.3, 0.4) is 0 Å². The number of H-pyrrole nitrogens is 1. The number of benzene rings is 3. The van der Waals surface area contributed by atoms with Crippen molar-refractivity contribution in [2.75, 3.05) is 12.4 Å². The zero-order chi connectivity index (χ0) is 24.1. The number of rotatable bonds is 7. The number of amides is 1. The highest BCUT2D eigenvalue weighted by Crippen LogP contribution is 2.28. The Kier molecular flexibility index (Phi) is 6.42. The zero-order valence-corrected chi connectivity index (χ0v) is 18.7. The average molecular weight is 457 g/mol. The number of methoxy groups -OCH3 is 1. The standard InChI is InChI=1S/C26H24N4O4/c1-17(31)34-26(27,22-10-6-19(7-11-22)21-15-28-29-16-21)25(32)30-23-5-3-4-20(14-23)18-8-12-24(33-2)13-9-18/h3-16H,27H2,1-2H3,(H,28,29)(H,30,32). The van der Waals surface area contributed by atoms with Crippen LogP contribution in [0, 0.1) is 0 Å². The lowest BCUT2D eigenvalue weighted by Gasteiger charge is -2.28. The molecule has 34 heavy (non-hydrogen) atoms. The second-order valence-corrected chi connectivity index (χ2v) is 7.66. The van der Waals surface area contributed by atoms with Gasteiger partial charge in [-0.25, -0.2) is 0 Å². The molecule has 0 aliphatic carbocycles. The molecule has 8 heteroatoms. The predicted molar refractivity (Wildman–Crippen MR) is 129 cm³/mol. The summed E-state index contributed by atoms with van der Waals surface area (Å²) in [6.45, 7) is 1.21. The molecule has 0 spiro atoms. The van der Waals surface area contributed by atoms with Gasteiger partial charge in [-0.15, -0.1) is 0 Å². The molecule has 0 saturated heterocycles. The van der Waals surface area contributed by atoms with Gasteiger partial charge in [0, 0.05) is 29.9 Å². The van der Waals surface area contributed by atoms with Gasteiger partial charge in [0.1, 0.15) is 5.75 Å². The van der Waals surface area contributed by atoms with Crippen LogP contribution in [0.25, 0.3) is 22.3 Å². The molecule has 172 valence electrons. The van der Waals surface area contributed by atoms with Crippen LogP contribution in [0.2, 0.25) is 0 Å². The molecule has 1 atom stereocenters. The molecule has 0 aliphatic heterocycles. The summed E-state index contributed by atoms with van der Waals surface area (Å²) < 4.78 is 10.5. The average Bonchev–Trinajstić information content (AvgIpc) is 3.39. The molecule has 3 aromatic carbocycles. The van der Waals surface area contributed by atoms with Gasteiger partial charge in [-0.3, -0.25) is 20.4 Å². The largest absolute Gasteiger partial charge is 0.497 e. The Morgan fingerprint density at radius 2 is 1.62 bits per heavy atom. The van der Waals surface area contributed by atoms with Crippen LogP contribution in [0.4, 0.5) is 5.69 Å². The minimum atomic E-state index is -2.02. The van der Waals surface area contributed by atoms with E-state index in [1.54, 1.807) is 49.8 Å². The van der Waals surface area contributed by atoms with Gasteiger partial charge in [0.05, 0.1) is 13.3 Å². The molecule has 4 rings (SSSR count). The predicted octanol–water partition coefficient (Wildman–Crippen LogP) is 4.07. The lowest BCUT2D eigenvalue weighted by atomic mass is 9.99. The highest BCUT2D eigenvalue weighted by atomic mass is 16.6. The fraction of sp³-hybridized carbons (Fsp3) is 0.115. The first kappa shape index (κ1) is 22.8. The van der Waals surface area contributed by atoms with Crippen molar-refractivity contribution in [3.8, 4) is 28.0 Å². The van der Waals surface area contributed by atoms with E-state index >= 15 is 0 Å². The molecule has 0 aliphatic rings. The van der Waals surface area contributed by atoms with Gasteiger partial charge >= 0.3 is 5.97 Å². The number of aromatic amines is 1. The number of nitrogens with two attached hydrogens (primary N) is 1. The summed E-state index contributed by atoms with van der Waals surface area (Å²) in [4.78, 5) is 25.1. The number of aromatic nitrogens is 2. The summed E-state index contributed by atoms with van der Waals surface area (Å²) in [5, 5.41) is 9.47. The maximum absolute atomic E-state index is 13.3. The summed E-state index contributed by atoms with van der Waals surface area (Å²) in [5.41, 5.74) is 8.78. The number of ether oxygens (including phenoxy) is 2. The number of hydrogen-bond donors (Lipinski definition) is 3. The molecule has 1 unspecified atom stereocenters. The van der Waals surface area contributed by atoms with Crippen molar-refractivity contribution in [1.29, 1.82) is 0 Å². The van der Waals surface area contributed by atoms with E-state index in [1.165, 1.54) is 6.92 Å². The Morgan fingerprint density at radius 1 is 0.941 bits per heavy atom. The van der Waals surface area contributed by atoms with Crippen molar-refractivity contribution in [1.82, 2.24) is 10.2 Å². The van der Waals surface area contributed by atoms with Crippen molar-refractivity contribution in [3.63, 3.8) is 0 Å². The van der Waals surface area contributed by atoms with Crippen LogP contribution in [-0.4, -0.2) is 29.2 Å². The van der Waals surface area contributed by atoms with Crippen LogP contribution in [0.15, 0.2) is 85.2 Å². The number of esters is 1. The summed E-state index contributed by atoms with van der Waals surface area (Å²) in [6, 6.07) is 21.7. The lowest BCUT2D eigenvalue weighted by Crippen LogP contribution is -2.51. The molecule has 4 N–H and O–H groups in total. The topological polar surface area (TPSA) is 119 Å². The monoisotopic (exact) mass is 456 g/mol. The molecule has 4 aromatic rings. The maximum Gasteiger partial charge on any atom is 0.305 e. The van der Waals surface area contributed by atoms with Crippen LogP contribution >= 0.6 is 0 Å². The zero-order valence-electron chi connectivity index (χ0n) is 18.7. The Bertz CT molecular complexity index is 1290. The van der Waals surface area contributed by atoms with Gasteiger partial charge < -0.3 is 14.8 Å². The van der Waals surface area contributed by atoms with Gasteiger partial charge in [0.25, 0.3) is 11.6 Å².